The Bertz CT molecular complexity index is 760. The number of hydrogen-bond acceptors (Lipinski definition) is 5. The lowest BCUT2D eigenvalue weighted by Gasteiger charge is -2.15. The lowest BCUT2D eigenvalue weighted by Crippen LogP contribution is -2.28. The summed E-state index contributed by atoms with van der Waals surface area (Å²) in [5.41, 5.74) is 3.25. The molecule has 1 atom stereocenters. The molecule has 1 amide bonds. The van der Waals surface area contributed by atoms with E-state index in [2.05, 4.69) is 16.4 Å². The van der Waals surface area contributed by atoms with Crippen molar-refractivity contribution in [1.29, 1.82) is 5.26 Å². The highest BCUT2D eigenvalue weighted by molar-refractivity contribution is 7.11. The van der Waals surface area contributed by atoms with Gasteiger partial charge in [0.2, 0.25) is 0 Å². The number of nitriles is 1. The van der Waals surface area contributed by atoms with E-state index < -0.39 is 6.04 Å². The highest BCUT2D eigenvalue weighted by atomic mass is 32.1. The van der Waals surface area contributed by atoms with Gasteiger partial charge in [0, 0.05) is 11.5 Å². The van der Waals surface area contributed by atoms with Crippen LogP contribution < -0.4 is 10.1 Å². The molecule has 0 radical (unpaired) electrons. The molecule has 1 aliphatic rings. The number of methoxy groups -OCH3 is 1. The number of benzene rings is 1. The van der Waals surface area contributed by atoms with Gasteiger partial charge < -0.3 is 10.1 Å². The SMILES string of the molecule is COc1ccccc1[C@@H](C#N)NC(=O)c1scnc1C1CCCC1. The number of thiazole rings is 1. The summed E-state index contributed by atoms with van der Waals surface area (Å²) in [7, 11) is 1.55. The first-order valence-corrected chi connectivity index (χ1v) is 8.89. The van der Waals surface area contributed by atoms with Crippen LogP contribution in [0.1, 0.15) is 58.6 Å². The maximum atomic E-state index is 12.7. The minimum Gasteiger partial charge on any atom is -0.496 e. The van der Waals surface area contributed by atoms with Crippen molar-refractivity contribution >= 4 is 17.2 Å². The Morgan fingerprint density at radius 2 is 2.17 bits per heavy atom. The smallest absolute Gasteiger partial charge is 0.264 e. The van der Waals surface area contributed by atoms with Crippen molar-refractivity contribution in [2.75, 3.05) is 7.11 Å². The molecular formula is C18H19N3O2S. The Balaban J connectivity index is 1.81. The fourth-order valence-electron chi connectivity index (χ4n) is 3.20. The van der Waals surface area contributed by atoms with E-state index in [0.717, 1.165) is 18.5 Å². The number of amides is 1. The van der Waals surface area contributed by atoms with Crippen molar-refractivity contribution < 1.29 is 9.53 Å². The average molecular weight is 341 g/mol. The minimum atomic E-state index is -0.757. The molecule has 0 saturated heterocycles. The molecule has 1 N–H and O–H groups in total. The number of carbonyl (C=O) groups is 1. The van der Waals surface area contributed by atoms with Gasteiger partial charge in [-0.05, 0) is 18.9 Å². The monoisotopic (exact) mass is 341 g/mol. The van der Waals surface area contributed by atoms with Gasteiger partial charge in [-0.3, -0.25) is 4.79 Å². The van der Waals surface area contributed by atoms with Gasteiger partial charge in [0.25, 0.3) is 5.91 Å². The number of nitrogens with one attached hydrogen (secondary N) is 1. The molecule has 124 valence electrons. The summed E-state index contributed by atoms with van der Waals surface area (Å²) in [6, 6.07) is 8.62. The van der Waals surface area contributed by atoms with Crippen LogP contribution in [0.4, 0.5) is 0 Å². The van der Waals surface area contributed by atoms with Crippen LogP contribution in [0.5, 0.6) is 5.75 Å². The van der Waals surface area contributed by atoms with E-state index in [1.54, 1.807) is 24.8 Å². The predicted octanol–water partition coefficient (Wildman–Crippen LogP) is 3.80. The van der Waals surface area contributed by atoms with Gasteiger partial charge in [-0.15, -0.1) is 11.3 Å². The minimum absolute atomic E-state index is 0.239. The van der Waals surface area contributed by atoms with Crippen LogP contribution in [0.15, 0.2) is 29.8 Å². The van der Waals surface area contributed by atoms with Gasteiger partial charge in [0.15, 0.2) is 0 Å². The Morgan fingerprint density at radius 3 is 2.88 bits per heavy atom. The van der Waals surface area contributed by atoms with Crippen molar-refractivity contribution in [1.82, 2.24) is 10.3 Å². The molecule has 3 rings (SSSR count). The topological polar surface area (TPSA) is 75.0 Å². The van der Waals surface area contributed by atoms with E-state index in [0.29, 0.717) is 22.1 Å². The Hall–Kier alpha value is -2.39. The average Bonchev–Trinajstić information content (AvgIpc) is 3.30. The van der Waals surface area contributed by atoms with Crippen LogP contribution in [0.25, 0.3) is 0 Å². The van der Waals surface area contributed by atoms with Crippen molar-refractivity contribution in [3.05, 3.63) is 45.9 Å². The van der Waals surface area contributed by atoms with Gasteiger partial charge in [0.1, 0.15) is 16.7 Å². The highest BCUT2D eigenvalue weighted by Crippen LogP contribution is 2.36. The molecule has 1 aromatic carbocycles. The van der Waals surface area contributed by atoms with Gasteiger partial charge >= 0.3 is 0 Å². The zero-order valence-corrected chi connectivity index (χ0v) is 14.3. The van der Waals surface area contributed by atoms with Crippen molar-refractivity contribution in [2.45, 2.75) is 37.6 Å². The first kappa shape index (κ1) is 16.5. The number of nitrogens with zero attached hydrogens (tertiary/aromatic N) is 2. The molecule has 24 heavy (non-hydrogen) atoms. The summed E-state index contributed by atoms with van der Waals surface area (Å²) in [6.07, 6.45) is 4.53. The molecular weight excluding hydrogens is 322 g/mol. The molecule has 0 bridgehead atoms. The number of carbonyl (C=O) groups excluding carboxylic acids is 1. The fraction of sp³-hybridized carbons (Fsp3) is 0.389. The van der Waals surface area contributed by atoms with Gasteiger partial charge in [-0.2, -0.15) is 5.26 Å². The first-order valence-electron chi connectivity index (χ1n) is 8.01. The van der Waals surface area contributed by atoms with E-state index in [4.69, 9.17) is 4.74 Å². The predicted molar refractivity (Wildman–Crippen MR) is 92.1 cm³/mol. The molecule has 1 aliphatic carbocycles. The van der Waals surface area contributed by atoms with Crippen LogP contribution in [-0.2, 0) is 0 Å². The third kappa shape index (κ3) is 3.26. The highest BCUT2D eigenvalue weighted by Gasteiger charge is 2.27. The largest absolute Gasteiger partial charge is 0.496 e. The third-order valence-corrected chi connectivity index (χ3v) is 5.24. The number of aromatic nitrogens is 1. The summed E-state index contributed by atoms with van der Waals surface area (Å²) >= 11 is 1.34. The third-order valence-electron chi connectivity index (χ3n) is 4.40. The van der Waals surface area contributed by atoms with E-state index in [-0.39, 0.29) is 5.91 Å². The number of hydrogen-bond donors (Lipinski definition) is 1. The fourth-order valence-corrected chi connectivity index (χ4v) is 3.97. The summed E-state index contributed by atoms with van der Waals surface area (Å²) in [5, 5.41) is 12.3. The van der Waals surface area contributed by atoms with Crippen LogP contribution in [0.2, 0.25) is 0 Å². The van der Waals surface area contributed by atoms with E-state index >= 15 is 0 Å². The maximum Gasteiger partial charge on any atom is 0.264 e. The molecule has 1 aromatic heterocycles. The van der Waals surface area contributed by atoms with Crippen molar-refractivity contribution in [3.8, 4) is 11.8 Å². The van der Waals surface area contributed by atoms with Gasteiger partial charge in [0.05, 0.1) is 24.4 Å². The van der Waals surface area contributed by atoms with Crippen LogP contribution in [-0.4, -0.2) is 18.0 Å². The summed E-state index contributed by atoms with van der Waals surface area (Å²) in [4.78, 5) is 17.7. The lowest BCUT2D eigenvalue weighted by atomic mass is 10.0. The van der Waals surface area contributed by atoms with E-state index in [1.807, 2.05) is 12.1 Å². The number of rotatable bonds is 5. The lowest BCUT2D eigenvalue weighted by molar-refractivity contribution is 0.0947. The first-order chi connectivity index (χ1) is 11.7. The summed E-state index contributed by atoms with van der Waals surface area (Å²) in [5.74, 6) is 0.713. The summed E-state index contributed by atoms with van der Waals surface area (Å²) < 4.78 is 5.29. The second kappa shape index (κ2) is 7.45. The van der Waals surface area contributed by atoms with Crippen LogP contribution >= 0.6 is 11.3 Å². The molecule has 2 aromatic rings. The van der Waals surface area contributed by atoms with Crippen molar-refractivity contribution in [2.24, 2.45) is 0 Å². The van der Waals surface area contributed by atoms with Gasteiger partial charge in [-0.1, -0.05) is 31.0 Å². The molecule has 0 unspecified atom stereocenters. The molecule has 5 nitrogen and oxygen atoms in total. The zero-order chi connectivity index (χ0) is 16.9. The molecule has 1 fully saturated rings. The summed E-state index contributed by atoms with van der Waals surface area (Å²) in [6.45, 7) is 0. The van der Waals surface area contributed by atoms with Crippen LogP contribution in [0.3, 0.4) is 0 Å². The number of ether oxygens (including phenoxy) is 1. The normalized spacial score (nSPS) is 15.7. The van der Waals surface area contributed by atoms with Crippen LogP contribution in [0, 0.1) is 11.3 Å². The molecule has 1 heterocycles. The van der Waals surface area contributed by atoms with E-state index in [1.165, 1.54) is 24.2 Å². The molecule has 0 aliphatic heterocycles. The van der Waals surface area contributed by atoms with Crippen molar-refractivity contribution in [3.63, 3.8) is 0 Å². The Labute approximate surface area is 145 Å². The molecule has 0 spiro atoms. The van der Waals surface area contributed by atoms with Gasteiger partial charge in [-0.25, -0.2) is 4.98 Å². The second-order valence-electron chi connectivity index (χ2n) is 5.83. The van der Waals surface area contributed by atoms with E-state index in [9.17, 15) is 10.1 Å². The quantitative estimate of drug-likeness (QED) is 0.897. The maximum absolute atomic E-state index is 12.7. The Kier molecular flexibility index (Phi) is 5.11. The number of para-hydroxylation sites is 1. The molecule has 6 heteroatoms. The standard InChI is InChI=1S/C18H19N3O2S/c1-23-15-9-5-4-8-13(15)14(10-19)21-18(22)17-16(20-11-24-17)12-6-2-3-7-12/h4-5,8-9,11-12,14H,2-3,6-7H2,1H3,(H,21,22)/t14-/m1/s1. The molecule has 1 saturated carbocycles. The Morgan fingerprint density at radius 1 is 1.42 bits per heavy atom. The zero-order valence-electron chi connectivity index (χ0n) is 13.5. The second-order valence-corrected chi connectivity index (χ2v) is 6.68.